The fourth-order valence-corrected chi connectivity index (χ4v) is 4.64. The molecule has 9 nitrogen and oxygen atoms in total. The SMILES string of the molecule is O=C1CN(C(=O)CC(CO)N2CCOC3(CCN(c4ccc(OC(F)(F)F)cc4)C3)C2)CN1. The maximum absolute atomic E-state index is 12.5. The van der Waals surface area contributed by atoms with Crippen LogP contribution in [0.1, 0.15) is 12.8 Å². The molecule has 3 saturated heterocycles. The molecule has 1 aromatic carbocycles. The summed E-state index contributed by atoms with van der Waals surface area (Å²) in [6.07, 6.45) is -3.92. The second-order valence-electron chi connectivity index (χ2n) is 8.61. The number of amides is 2. The van der Waals surface area contributed by atoms with E-state index in [2.05, 4.69) is 15.0 Å². The Bertz CT molecular complexity index is 868. The van der Waals surface area contributed by atoms with Gasteiger partial charge in [-0.05, 0) is 30.7 Å². The minimum Gasteiger partial charge on any atom is -0.406 e. The number of hydrogen-bond donors (Lipinski definition) is 2. The molecule has 2 amide bonds. The number of halogens is 3. The normalized spacial score (nSPS) is 24.9. The van der Waals surface area contributed by atoms with Crippen molar-refractivity contribution in [3.63, 3.8) is 0 Å². The highest BCUT2D eigenvalue weighted by Gasteiger charge is 2.44. The Morgan fingerprint density at radius 3 is 2.64 bits per heavy atom. The Morgan fingerprint density at radius 1 is 1.24 bits per heavy atom. The second-order valence-corrected chi connectivity index (χ2v) is 8.61. The van der Waals surface area contributed by atoms with Crippen LogP contribution in [0.4, 0.5) is 18.9 Å². The number of aliphatic hydroxyl groups excluding tert-OH is 1. The molecule has 3 heterocycles. The van der Waals surface area contributed by atoms with E-state index >= 15 is 0 Å². The average molecular weight is 472 g/mol. The highest BCUT2D eigenvalue weighted by atomic mass is 19.4. The lowest BCUT2D eigenvalue weighted by Crippen LogP contribution is -2.57. The number of carbonyl (C=O) groups is 2. The number of morpholine rings is 1. The molecule has 2 atom stereocenters. The molecule has 2 N–H and O–H groups in total. The highest BCUT2D eigenvalue weighted by molar-refractivity contribution is 5.87. The minimum atomic E-state index is -4.73. The van der Waals surface area contributed by atoms with Crippen LogP contribution in [0.5, 0.6) is 5.75 Å². The van der Waals surface area contributed by atoms with Crippen molar-refractivity contribution in [2.24, 2.45) is 0 Å². The molecule has 0 radical (unpaired) electrons. The van der Waals surface area contributed by atoms with Crippen molar-refractivity contribution in [1.82, 2.24) is 15.1 Å². The Labute approximate surface area is 189 Å². The van der Waals surface area contributed by atoms with E-state index in [0.717, 1.165) is 5.69 Å². The number of carbonyl (C=O) groups excluding carboxylic acids is 2. The van der Waals surface area contributed by atoms with E-state index in [1.807, 2.05) is 4.90 Å². The summed E-state index contributed by atoms with van der Waals surface area (Å²) in [7, 11) is 0. The van der Waals surface area contributed by atoms with Crippen LogP contribution < -0.4 is 15.0 Å². The van der Waals surface area contributed by atoms with Crippen molar-refractivity contribution >= 4 is 17.5 Å². The third-order valence-electron chi connectivity index (χ3n) is 6.32. The zero-order valence-electron chi connectivity index (χ0n) is 18.0. The van der Waals surface area contributed by atoms with Gasteiger partial charge in [-0.25, -0.2) is 0 Å². The molecular weight excluding hydrogens is 445 g/mol. The molecule has 0 saturated carbocycles. The zero-order valence-corrected chi connectivity index (χ0v) is 18.0. The van der Waals surface area contributed by atoms with Gasteiger partial charge in [-0.1, -0.05) is 0 Å². The lowest BCUT2D eigenvalue weighted by atomic mass is 9.98. The predicted molar refractivity (Wildman–Crippen MR) is 110 cm³/mol. The second kappa shape index (κ2) is 9.35. The summed E-state index contributed by atoms with van der Waals surface area (Å²) in [4.78, 5) is 29.4. The smallest absolute Gasteiger partial charge is 0.406 e. The van der Waals surface area contributed by atoms with E-state index in [4.69, 9.17) is 4.74 Å². The van der Waals surface area contributed by atoms with Gasteiger partial charge in [0.15, 0.2) is 0 Å². The standard InChI is InChI=1S/C21H27F3N4O5/c22-21(23,24)33-17-3-1-15(2-4-17)26-6-5-20(12-26)13-27(7-8-32-20)16(11-29)9-19(31)28-10-18(30)25-14-28/h1-4,16,29H,5-14H2,(H,25,30). The van der Waals surface area contributed by atoms with Crippen molar-refractivity contribution < 1.29 is 37.3 Å². The quantitative estimate of drug-likeness (QED) is 0.624. The lowest BCUT2D eigenvalue weighted by molar-refractivity contribution is -0.274. The summed E-state index contributed by atoms with van der Waals surface area (Å²) < 4.78 is 47.2. The number of rotatable bonds is 6. The van der Waals surface area contributed by atoms with Gasteiger partial charge in [0, 0.05) is 44.3 Å². The number of nitrogens with one attached hydrogen (secondary N) is 1. The molecular formula is C21H27F3N4O5. The van der Waals surface area contributed by atoms with Crippen LogP contribution in [-0.2, 0) is 14.3 Å². The number of aliphatic hydroxyl groups is 1. The lowest BCUT2D eigenvalue weighted by Gasteiger charge is -2.43. The zero-order chi connectivity index (χ0) is 23.6. The first kappa shape index (κ1) is 23.6. The average Bonchev–Trinajstić information content (AvgIpc) is 3.38. The van der Waals surface area contributed by atoms with E-state index in [1.54, 1.807) is 12.1 Å². The van der Waals surface area contributed by atoms with Crippen molar-refractivity contribution in [1.29, 1.82) is 0 Å². The molecule has 1 aromatic rings. The van der Waals surface area contributed by atoms with E-state index in [9.17, 15) is 27.9 Å². The van der Waals surface area contributed by atoms with Crippen LogP contribution in [0.2, 0.25) is 0 Å². The summed E-state index contributed by atoms with van der Waals surface area (Å²) in [5, 5.41) is 12.5. The summed E-state index contributed by atoms with van der Waals surface area (Å²) in [6.45, 7) is 2.77. The number of benzene rings is 1. The molecule has 1 spiro atoms. The van der Waals surface area contributed by atoms with Crippen LogP contribution >= 0.6 is 0 Å². The molecule has 2 unspecified atom stereocenters. The van der Waals surface area contributed by atoms with Gasteiger partial charge in [0.05, 0.1) is 25.5 Å². The Morgan fingerprint density at radius 2 is 2.00 bits per heavy atom. The molecule has 12 heteroatoms. The van der Waals surface area contributed by atoms with Crippen LogP contribution in [0.15, 0.2) is 24.3 Å². The summed E-state index contributed by atoms with van der Waals surface area (Å²) in [6, 6.07) is 5.35. The number of nitrogens with zero attached hydrogens (tertiary/aromatic N) is 3. The van der Waals surface area contributed by atoms with Crippen molar-refractivity contribution in [3.05, 3.63) is 24.3 Å². The first-order valence-corrected chi connectivity index (χ1v) is 10.8. The van der Waals surface area contributed by atoms with Gasteiger partial charge in [-0.15, -0.1) is 13.2 Å². The van der Waals surface area contributed by atoms with Gasteiger partial charge in [-0.3, -0.25) is 14.5 Å². The molecule has 0 aliphatic carbocycles. The molecule has 33 heavy (non-hydrogen) atoms. The molecule has 3 aliphatic rings. The first-order valence-electron chi connectivity index (χ1n) is 10.8. The van der Waals surface area contributed by atoms with Crippen LogP contribution in [-0.4, -0.2) is 97.3 Å². The van der Waals surface area contributed by atoms with E-state index in [0.29, 0.717) is 39.2 Å². The number of hydrogen-bond acceptors (Lipinski definition) is 7. The van der Waals surface area contributed by atoms with Crippen LogP contribution in [0.25, 0.3) is 0 Å². The van der Waals surface area contributed by atoms with Crippen molar-refractivity contribution in [3.8, 4) is 5.75 Å². The van der Waals surface area contributed by atoms with Gasteiger partial charge in [0.25, 0.3) is 0 Å². The minimum absolute atomic E-state index is 0.0335. The monoisotopic (exact) mass is 472 g/mol. The van der Waals surface area contributed by atoms with E-state index in [1.165, 1.54) is 17.0 Å². The Kier molecular flexibility index (Phi) is 6.68. The summed E-state index contributed by atoms with van der Waals surface area (Å²) in [5.41, 5.74) is 0.267. The maximum Gasteiger partial charge on any atom is 0.573 e. The Hall–Kier alpha value is -2.57. The van der Waals surface area contributed by atoms with Gasteiger partial charge in [0.2, 0.25) is 11.8 Å². The third-order valence-corrected chi connectivity index (χ3v) is 6.32. The van der Waals surface area contributed by atoms with Crippen molar-refractivity contribution in [2.75, 3.05) is 57.5 Å². The molecule has 3 fully saturated rings. The number of alkyl halides is 3. The van der Waals surface area contributed by atoms with E-state index < -0.39 is 12.0 Å². The van der Waals surface area contributed by atoms with Gasteiger partial charge >= 0.3 is 6.36 Å². The molecule has 182 valence electrons. The Balaban J connectivity index is 1.36. The third kappa shape index (κ3) is 5.68. The summed E-state index contributed by atoms with van der Waals surface area (Å²) >= 11 is 0. The number of anilines is 1. The van der Waals surface area contributed by atoms with Gasteiger partial charge < -0.3 is 29.7 Å². The molecule has 0 aromatic heterocycles. The predicted octanol–water partition coefficient (Wildman–Crippen LogP) is 0.533. The first-order chi connectivity index (χ1) is 15.7. The van der Waals surface area contributed by atoms with Crippen molar-refractivity contribution in [2.45, 2.75) is 30.8 Å². The summed E-state index contributed by atoms with van der Waals surface area (Å²) in [5.74, 6) is -0.661. The number of ether oxygens (including phenoxy) is 2. The molecule has 4 rings (SSSR count). The largest absolute Gasteiger partial charge is 0.573 e. The molecule has 3 aliphatic heterocycles. The fraction of sp³-hybridized carbons (Fsp3) is 0.619. The fourth-order valence-electron chi connectivity index (χ4n) is 4.64. The van der Waals surface area contributed by atoms with Gasteiger partial charge in [0.1, 0.15) is 12.3 Å². The van der Waals surface area contributed by atoms with Crippen LogP contribution in [0, 0.1) is 0 Å². The van der Waals surface area contributed by atoms with Crippen LogP contribution in [0.3, 0.4) is 0 Å². The maximum atomic E-state index is 12.5. The molecule has 0 bridgehead atoms. The van der Waals surface area contributed by atoms with Gasteiger partial charge in [-0.2, -0.15) is 0 Å². The topological polar surface area (TPSA) is 94.6 Å². The highest BCUT2D eigenvalue weighted by Crippen LogP contribution is 2.34. The van der Waals surface area contributed by atoms with E-state index in [-0.39, 0.29) is 49.8 Å².